The van der Waals surface area contributed by atoms with Gasteiger partial charge in [-0.25, -0.2) is 19.4 Å². The summed E-state index contributed by atoms with van der Waals surface area (Å²) in [7, 11) is 6.45. The van der Waals surface area contributed by atoms with Crippen LogP contribution in [0.25, 0.3) is 0 Å². The van der Waals surface area contributed by atoms with Crippen molar-refractivity contribution in [3.63, 3.8) is 0 Å². The number of piperidine rings is 1. The van der Waals surface area contributed by atoms with Crippen LogP contribution in [0.15, 0.2) is 12.4 Å². The SMILES string of the molecule is CN(C)CCN1CCCC12CCN(Cc1nccn1C)CC2.O=C(O)C(F)(F)F.O=C(O)C(F)(F)F.O=C(O)C(F)(F)F. The molecule has 2 fully saturated rings. The first kappa shape index (κ1) is 39.9. The van der Waals surface area contributed by atoms with Gasteiger partial charge in [0.15, 0.2) is 0 Å². The lowest BCUT2D eigenvalue weighted by molar-refractivity contribution is -0.193. The van der Waals surface area contributed by atoms with Crippen LogP contribution < -0.4 is 0 Å². The summed E-state index contributed by atoms with van der Waals surface area (Å²) < 4.78 is 97.4. The molecule has 0 unspecified atom stereocenters. The summed E-state index contributed by atoms with van der Waals surface area (Å²) >= 11 is 0. The van der Waals surface area contributed by atoms with E-state index in [4.69, 9.17) is 29.7 Å². The van der Waals surface area contributed by atoms with Crippen LogP contribution in [0.1, 0.15) is 31.5 Å². The predicted molar refractivity (Wildman–Crippen MR) is 131 cm³/mol. The highest BCUT2D eigenvalue weighted by Gasteiger charge is 2.43. The zero-order chi connectivity index (χ0) is 33.8. The Bertz CT molecular complexity index is 963. The smallest absolute Gasteiger partial charge is 0.475 e. The van der Waals surface area contributed by atoms with Gasteiger partial charge in [-0.05, 0) is 46.3 Å². The number of imidazole rings is 1. The molecule has 3 rings (SSSR count). The molecule has 0 atom stereocenters. The molecular formula is C23H34F9N5O6. The molecule has 3 N–H and O–H groups in total. The van der Waals surface area contributed by atoms with Crippen molar-refractivity contribution in [2.24, 2.45) is 7.05 Å². The number of aromatic nitrogens is 2. The first-order valence-corrected chi connectivity index (χ1v) is 12.4. The monoisotopic (exact) mass is 647 g/mol. The Hall–Kier alpha value is -3.13. The number of aryl methyl sites for hydroxylation is 1. The average molecular weight is 648 g/mol. The highest BCUT2D eigenvalue weighted by molar-refractivity contribution is 5.73. The van der Waals surface area contributed by atoms with Crippen LogP contribution in [0, 0.1) is 0 Å². The number of carboxylic acid groups (broad SMARTS) is 3. The Balaban J connectivity index is 0.000000690. The molecule has 11 nitrogen and oxygen atoms in total. The molecule has 1 aromatic rings. The molecule has 250 valence electrons. The van der Waals surface area contributed by atoms with Crippen molar-refractivity contribution >= 4 is 17.9 Å². The fraction of sp³-hybridized carbons (Fsp3) is 0.739. The van der Waals surface area contributed by atoms with Gasteiger partial charge in [0.05, 0.1) is 6.54 Å². The lowest BCUT2D eigenvalue weighted by Gasteiger charge is -2.45. The predicted octanol–water partition coefficient (Wildman–Crippen LogP) is 3.31. The third-order valence-electron chi connectivity index (χ3n) is 6.36. The largest absolute Gasteiger partial charge is 0.490 e. The number of rotatable bonds is 5. The van der Waals surface area contributed by atoms with E-state index in [1.165, 1.54) is 64.2 Å². The summed E-state index contributed by atoms with van der Waals surface area (Å²) in [5, 5.41) is 21.4. The van der Waals surface area contributed by atoms with E-state index in [0.29, 0.717) is 5.54 Å². The molecule has 0 bridgehead atoms. The number of hydrogen-bond acceptors (Lipinski definition) is 7. The lowest BCUT2D eigenvalue weighted by atomic mass is 9.85. The maximum Gasteiger partial charge on any atom is 0.490 e. The third kappa shape index (κ3) is 15.2. The number of alkyl halides is 9. The van der Waals surface area contributed by atoms with Gasteiger partial charge in [-0.3, -0.25) is 9.80 Å². The molecule has 0 saturated carbocycles. The maximum absolute atomic E-state index is 10.6. The molecule has 43 heavy (non-hydrogen) atoms. The fourth-order valence-corrected chi connectivity index (χ4v) is 4.11. The number of likely N-dealkylation sites (N-methyl/N-ethyl adjacent to an activating group) is 1. The van der Waals surface area contributed by atoms with Gasteiger partial charge in [-0.1, -0.05) is 0 Å². The van der Waals surface area contributed by atoms with Crippen LogP contribution in [0.2, 0.25) is 0 Å². The van der Waals surface area contributed by atoms with Crippen molar-refractivity contribution in [3.05, 3.63) is 18.2 Å². The van der Waals surface area contributed by atoms with Crippen molar-refractivity contribution in [1.29, 1.82) is 0 Å². The molecular weight excluding hydrogens is 613 g/mol. The van der Waals surface area contributed by atoms with Crippen LogP contribution >= 0.6 is 0 Å². The fourth-order valence-electron chi connectivity index (χ4n) is 4.11. The molecule has 20 heteroatoms. The van der Waals surface area contributed by atoms with Gasteiger partial charge in [0.25, 0.3) is 0 Å². The quantitative estimate of drug-likeness (QED) is 0.408. The molecule has 0 radical (unpaired) electrons. The first-order chi connectivity index (χ1) is 19.4. The normalized spacial score (nSPS) is 17.2. The first-order valence-electron chi connectivity index (χ1n) is 12.4. The summed E-state index contributed by atoms with van der Waals surface area (Å²) in [5.74, 6) is -7.08. The average Bonchev–Trinajstić information content (AvgIpc) is 3.44. The van der Waals surface area contributed by atoms with E-state index < -0.39 is 36.4 Å². The second kappa shape index (κ2) is 16.6. The van der Waals surface area contributed by atoms with Gasteiger partial charge in [-0.2, -0.15) is 39.5 Å². The maximum atomic E-state index is 10.6. The van der Waals surface area contributed by atoms with Crippen molar-refractivity contribution in [2.75, 3.05) is 46.8 Å². The van der Waals surface area contributed by atoms with Crippen molar-refractivity contribution < 1.29 is 69.2 Å². The van der Waals surface area contributed by atoms with Gasteiger partial charge in [0.2, 0.25) is 0 Å². The molecule has 1 spiro atoms. The van der Waals surface area contributed by atoms with E-state index in [0.717, 1.165) is 6.54 Å². The Kier molecular flexibility index (Phi) is 15.4. The topological polar surface area (TPSA) is 139 Å². The summed E-state index contributed by atoms with van der Waals surface area (Å²) in [6.45, 7) is 7.13. The minimum absolute atomic E-state index is 0.494. The molecule has 3 heterocycles. The van der Waals surface area contributed by atoms with Crippen molar-refractivity contribution in [1.82, 2.24) is 24.3 Å². The minimum atomic E-state index is -5.08. The van der Waals surface area contributed by atoms with Crippen LogP contribution in [0.5, 0.6) is 0 Å². The number of hydrogen-bond donors (Lipinski definition) is 3. The standard InChI is InChI=1S/C17H31N5.3C2HF3O2/c1-19(2)13-14-22-9-4-5-17(22)6-10-21(11-7-17)15-16-18-8-12-20(16)3;3*3-2(4,5)1(6)7/h8,12H,4-7,9-11,13-15H2,1-3H3;3*(H,6,7). The zero-order valence-corrected chi connectivity index (χ0v) is 23.4. The highest BCUT2D eigenvalue weighted by Crippen LogP contribution is 2.38. The number of carbonyl (C=O) groups is 3. The minimum Gasteiger partial charge on any atom is -0.475 e. The van der Waals surface area contributed by atoms with Gasteiger partial charge in [0, 0.05) is 51.2 Å². The van der Waals surface area contributed by atoms with E-state index in [1.807, 2.05) is 12.4 Å². The van der Waals surface area contributed by atoms with Gasteiger partial charge in [-0.15, -0.1) is 0 Å². The Morgan fingerprint density at radius 3 is 1.58 bits per heavy atom. The van der Waals surface area contributed by atoms with E-state index in [1.54, 1.807) is 0 Å². The molecule has 0 aromatic carbocycles. The van der Waals surface area contributed by atoms with Crippen LogP contribution in [-0.2, 0) is 28.0 Å². The summed E-state index contributed by atoms with van der Waals surface area (Å²) in [6.07, 6.45) is -5.87. The summed E-state index contributed by atoms with van der Waals surface area (Å²) in [4.78, 5) is 38.8. The zero-order valence-electron chi connectivity index (χ0n) is 23.4. The van der Waals surface area contributed by atoms with Gasteiger partial charge < -0.3 is 24.8 Å². The van der Waals surface area contributed by atoms with Gasteiger partial charge >= 0.3 is 36.4 Å². The number of likely N-dealkylation sites (tertiary alicyclic amines) is 2. The Morgan fingerprint density at radius 1 is 0.837 bits per heavy atom. The third-order valence-corrected chi connectivity index (χ3v) is 6.36. The Morgan fingerprint density at radius 2 is 1.26 bits per heavy atom. The molecule has 2 aliphatic heterocycles. The van der Waals surface area contributed by atoms with Crippen LogP contribution in [0.4, 0.5) is 39.5 Å². The lowest BCUT2D eigenvalue weighted by Crippen LogP contribution is -2.53. The Labute approximate surface area is 240 Å². The molecule has 1 aromatic heterocycles. The molecule has 0 aliphatic carbocycles. The van der Waals surface area contributed by atoms with E-state index in [-0.39, 0.29) is 0 Å². The molecule has 2 saturated heterocycles. The summed E-state index contributed by atoms with van der Waals surface area (Å²) in [5.41, 5.74) is 0.494. The summed E-state index contributed by atoms with van der Waals surface area (Å²) in [6, 6.07) is 0. The van der Waals surface area contributed by atoms with E-state index >= 15 is 0 Å². The van der Waals surface area contributed by atoms with E-state index in [2.05, 4.69) is 45.4 Å². The highest BCUT2D eigenvalue weighted by atomic mass is 19.4. The van der Waals surface area contributed by atoms with Crippen molar-refractivity contribution in [3.8, 4) is 0 Å². The van der Waals surface area contributed by atoms with Crippen LogP contribution in [-0.4, -0.2) is 128 Å². The number of aliphatic carboxylic acids is 3. The second-order valence-electron chi connectivity index (χ2n) is 9.76. The van der Waals surface area contributed by atoms with E-state index in [9.17, 15) is 39.5 Å². The number of nitrogens with zero attached hydrogens (tertiary/aromatic N) is 5. The van der Waals surface area contributed by atoms with Crippen molar-refractivity contribution in [2.45, 2.75) is 56.3 Å². The molecule has 2 aliphatic rings. The number of halogens is 9. The molecule has 0 amide bonds. The van der Waals surface area contributed by atoms with Gasteiger partial charge in [0.1, 0.15) is 5.82 Å². The van der Waals surface area contributed by atoms with Crippen LogP contribution in [0.3, 0.4) is 0 Å². The number of carboxylic acids is 3. The second-order valence-corrected chi connectivity index (χ2v) is 9.76.